The van der Waals surface area contributed by atoms with Gasteiger partial charge in [-0.05, 0) is 61.3 Å². The quantitative estimate of drug-likeness (QED) is 0.398. The van der Waals surface area contributed by atoms with E-state index in [2.05, 4.69) is 35.9 Å². The molecule has 0 amide bonds. The molecule has 0 saturated carbocycles. The van der Waals surface area contributed by atoms with E-state index in [0.29, 0.717) is 34.6 Å². The van der Waals surface area contributed by atoms with Crippen molar-refractivity contribution in [2.75, 3.05) is 0 Å². The molecule has 0 fully saturated rings. The van der Waals surface area contributed by atoms with Gasteiger partial charge in [0.05, 0.1) is 11.4 Å². The highest BCUT2D eigenvalue weighted by molar-refractivity contribution is 9.10. The number of benzene rings is 1. The SMILES string of the molecule is Cc1nc(COc2nc(C)n(-c3cc(-c4ccnc(C(C)(C)O)n4)ccc3C)c(=O)c2Br)co1. The first-order chi connectivity index (χ1) is 16.0. The fourth-order valence-corrected chi connectivity index (χ4v) is 3.78. The summed E-state index contributed by atoms with van der Waals surface area (Å²) in [5.41, 5.74) is 2.07. The highest BCUT2D eigenvalue weighted by Crippen LogP contribution is 2.27. The zero-order valence-electron chi connectivity index (χ0n) is 19.5. The van der Waals surface area contributed by atoms with Crippen LogP contribution in [0.15, 0.2) is 50.4 Å². The number of ether oxygens (including phenoxy) is 1. The van der Waals surface area contributed by atoms with Crippen molar-refractivity contribution in [2.45, 2.75) is 46.8 Å². The van der Waals surface area contributed by atoms with Gasteiger partial charge in [0, 0.05) is 18.7 Å². The molecule has 4 aromatic rings. The van der Waals surface area contributed by atoms with E-state index in [0.717, 1.165) is 11.1 Å². The van der Waals surface area contributed by atoms with E-state index in [9.17, 15) is 9.90 Å². The summed E-state index contributed by atoms with van der Waals surface area (Å²) in [5.74, 6) is 1.48. The third-order valence-electron chi connectivity index (χ3n) is 5.14. The fraction of sp³-hybridized carbons (Fsp3) is 0.292. The predicted octanol–water partition coefficient (Wildman–Crippen LogP) is 4.17. The summed E-state index contributed by atoms with van der Waals surface area (Å²) in [5, 5.41) is 10.3. The summed E-state index contributed by atoms with van der Waals surface area (Å²) >= 11 is 3.35. The molecule has 0 aliphatic carbocycles. The summed E-state index contributed by atoms with van der Waals surface area (Å²) in [6, 6.07) is 7.45. The molecule has 3 aromatic heterocycles. The molecule has 0 bridgehead atoms. The molecule has 0 atom stereocenters. The van der Waals surface area contributed by atoms with Crippen LogP contribution in [0.25, 0.3) is 16.9 Å². The minimum Gasteiger partial charge on any atom is -0.470 e. The van der Waals surface area contributed by atoms with Gasteiger partial charge in [0.1, 0.15) is 34.5 Å². The number of oxazole rings is 1. The lowest BCUT2D eigenvalue weighted by Crippen LogP contribution is -2.24. The van der Waals surface area contributed by atoms with Crippen LogP contribution in [0.1, 0.15) is 42.6 Å². The first-order valence-corrected chi connectivity index (χ1v) is 11.3. The van der Waals surface area contributed by atoms with Crippen LogP contribution in [0.2, 0.25) is 0 Å². The number of nitrogens with zero attached hydrogens (tertiary/aromatic N) is 5. The van der Waals surface area contributed by atoms with Crippen LogP contribution >= 0.6 is 15.9 Å². The molecular weight excluding hydrogens is 502 g/mol. The molecule has 3 heterocycles. The molecule has 0 unspecified atom stereocenters. The lowest BCUT2D eigenvalue weighted by Gasteiger charge is -2.17. The Bertz CT molecular complexity index is 1420. The van der Waals surface area contributed by atoms with Crippen LogP contribution in [0.5, 0.6) is 5.88 Å². The predicted molar refractivity (Wildman–Crippen MR) is 129 cm³/mol. The maximum absolute atomic E-state index is 13.3. The van der Waals surface area contributed by atoms with E-state index in [4.69, 9.17) is 9.15 Å². The van der Waals surface area contributed by atoms with Gasteiger partial charge in [-0.15, -0.1) is 0 Å². The van der Waals surface area contributed by atoms with Gasteiger partial charge in [-0.1, -0.05) is 12.1 Å². The molecule has 9 nitrogen and oxygen atoms in total. The van der Waals surface area contributed by atoms with Crippen LogP contribution in [-0.4, -0.2) is 29.6 Å². The highest BCUT2D eigenvalue weighted by atomic mass is 79.9. The molecule has 1 aromatic carbocycles. The third kappa shape index (κ3) is 4.78. The molecule has 0 aliphatic heterocycles. The van der Waals surface area contributed by atoms with Crippen molar-refractivity contribution in [2.24, 2.45) is 0 Å². The molecule has 34 heavy (non-hydrogen) atoms. The largest absolute Gasteiger partial charge is 0.470 e. The monoisotopic (exact) mass is 525 g/mol. The second-order valence-electron chi connectivity index (χ2n) is 8.39. The van der Waals surface area contributed by atoms with Crippen LogP contribution in [-0.2, 0) is 12.2 Å². The number of hydrogen-bond acceptors (Lipinski definition) is 8. The van der Waals surface area contributed by atoms with Crippen LogP contribution in [0.3, 0.4) is 0 Å². The van der Waals surface area contributed by atoms with Crippen molar-refractivity contribution < 1.29 is 14.3 Å². The standard InChI is InChI=1S/C24H24BrN5O4/c1-13-6-7-16(18-8-9-26-23(29-18)24(4,5)32)10-19(13)30-14(2)27-21(20(25)22(30)31)34-12-17-11-33-15(3)28-17/h6-11,32H,12H2,1-5H3. The van der Waals surface area contributed by atoms with E-state index in [1.165, 1.54) is 10.8 Å². The Kier molecular flexibility index (Phi) is 6.37. The van der Waals surface area contributed by atoms with Crippen molar-refractivity contribution in [3.63, 3.8) is 0 Å². The highest BCUT2D eigenvalue weighted by Gasteiger charge is 2.21. The summed E-state index contributed by atoms with van der Waals surface area (Å²) in [6.07, 6.45) is 3.11. The lowest BCUT2D eigenvalue weighted by atomic mass is 10.1. The van der Waals surface area contributed by atoms with E-state index >= 15 is 0 Å². The zero-order chi connectivity index (χ0) is 24.6. The Labute approximate surface area is 204 Å². The first-order valence-electron chi connectivity index (χ1n) is 10.5. The number of aliphatic hydroxyl groups is 1. The van der Waals surface area contributed by atoms with Gasteiger partial charge in [0.15, 0.2) is 11.7 Å². The average Bonchev–Trinajstić information content (AvgIpc) is 3.21. The Morgan fingerprint density at radius 1 is 1.15 bits per heavy atom. The van der Waals surface area contributed by atoms with Crippen molar-refractivity contribution in [1.29, 1.82) is 0 Å². The average molecular weight is 526 g/mol. The summed E-state index contributed by atoms with van der Waals surface area (Å²) in [4.78, 5) is 30.7. The minimum atomic E-state index is -1.17. The Balaban J connectivity index is 1.73. The molecular formula is C24H24BrN5O4. The number of aromatic nitrogens is 5. The molecule has 10 heteroatoms. The number of hydrogen-bond donors (Lipinski definition) is 1. The van der Waals surface area contributed by atoms with E-state index in [1.807, 2.05) is 25.1 Å². The molecule has 0 radical (unpaired) electrons. The lowest BCUT2D eigenvalue weighted by molar-refractivity contribution is 0.0688. The van der Waals surface area contributed by atoms with Gasteiger partial charge in [0.2, 0.25) is 5.88 Å². The van der Waals surface area contributed by atoms with Gasteiger partial charge >= 0.3 is 0 Å². The summed E-state index contributed by atoms with van der Waals surface area (Å²) < 4.78 is 12.6. The molecule has 0 spiro atoms. The smallest absolute Gasteiger partial charge is 0.276 e. The first kappa shape index (κ1) is 23.8. The van der Waals surface area contributed by atoms with Crippen LogP contribution < -0.4 is 10.3 Å². The summed E-state index contributed by atoms with van der Waals surface area (Å²) in [6.45, 7) is 8.78. The van der Waals surface area contributed by atoms with Crippen molar-refractivity contribution in [3.05, 3.63) is 80.3 Å². The zero-order valence-corrected chi connectivity index (χ0v) is 21.0. The fourth-order valence-electron chi connectivity index (χ4n) is 3.40. The molecule has 4 rings (SSSR count). The Morgan fingerprint density at radius 2 is 1.91 bits per heavy atom. The molecule has 0 saturated heterocycles. The summed E-state index contributed by atoms with van der Waals surface area (Å²) in [7, 11) is 0. The van der Waals surface area contributed by atoms with E-state index < -0.39 is 5.60 Å². The van der Waals surface area contributed by atoms with Crippen molar-refractivity contribution in [3.8, 4) is 22.8 Å². The van der Waals surface area contributed by atoms with Crippen LogP contribution in [0, 0.1) is 20.8 Å². The number of rotatable bonds is 6. The molecule has 0 aliphatic rings. The second-order valence-corrected chi connectivity index (χ2v) is 9.18. The third-order valence-corrected chi connectivity index (χ3v) is 5.82. The van der Waals surface area contributed by atoms with Crippen molar-refractivity contribution >= 4 is 15.9 Å². The maximum atomic E-state index is 13.3. The van der Waals surface area contributed by atoms with Gasteiger partial charge in [-0.2, -0.15) is 4.98 Å². The second kappa shape index (κ2) is 9.11. The number of halogens is 1. The topological polar surface area (TPSA) is 116 Å². The van der Waals surface area contributed by atoms with Crippen LogP contribution in [0.4, 0.5) is 0 Å². The van der Waals surface area contributed by atoms with Crippen molar-refractivity contribution in [1.82, 2.24) is 24.5 Å². The van der Waals surface area contributed by atoms with Gasteiger partial charge in [0.25, 0.3) is 5.56 Å². The Morgan fingerprint density at radius 3 is 2.59 bits per heavy atom. The Hall–Kier alpha value is -3.37. The maximum Gasteiger partial charge on any atom is 0.276 e. The van der Waals surface area contributed by atoms with E-state index in [1.54, 1.807) is 40.0 Å². The minimum absolute atomic E-state index is 0.123. The van der Waals surface area contributed by atoms with Gasteiger partial charge in [-0.3, -0.25) is 9.36 Å². The van der Waals surface area contributed by atoms with Gasteiger partial charge in [-0.25, -0.2) is 15.0 Å². The normalized spacial score (nSPS) is 11.6. The number of aryl methyl sites for hydroxylation is 3. The molecule has 176 valence electrons. The molecule has 1 N–H and O–H groups in total. The van der Waals surface area contributed by atoms with E-state index in [-0.39, 0.29) is 22.5 Å². The van der Waals surface area contributed by atoms with Gasteiger partial charge < -0.3 is 14.3 Å².